The van der Waals surface area contributed by atoms with Gasteiger partial charge in [-0.1, -0.05) is 42.5 Å². The molecule has 0 aliphatic heterocycles. The van der Waals surface area contributed by atoms with Crippen LogP contribution in [-0.2, 0) is 0 Å². The number of furan rings is 1. The third-order valence-corrected chi connectivity index (χ3v) is 4.93. The molecule has 6 aromatic rings. The second-order valence-corrected chi connectivity index (χ2v) is 6.34. The Morgan fingerprint density at radius 1 is 0.654 bits per heavy atom. The first-order chi connectivity index (χ1) is 12.9. The number of nitrogens with zero attached hydrogens (tertiary/aromatic N) is 3. The predicted octanol–water partition coefficient (Wildman–Crippen LogP) is 5.47. The molecule has 0 saturated carbocycles. The van der Waals surface area contributed by atoms with Crippen molar-refractivity contribution in [2.75, 3.05) is 0 Å². The van der Waals surface area contributed by atoms with Gasteiger partial charge in [-0.3, -0.25) is 4.57 Å². The number of hydrogen-bond donors (Lipinski definition) is 0. The van der Waals surface area contributed by atoms with Crippen molar-refractivity contribution in [3.05, 3.63) is 79.1 Å². The second kappa shape index (κ2) is 4.92. The normalized spacial score (nSPS) is 11.8. The first kappa shape index (κ1) is 13.6. The molecule has 0 aliphatic rings. The van der Waals surface area contributed by atoms with Crippen LogP contribution in [-0.4, -0.2) is 14.5 Å². The number of benzene rings is 3. The second-order valence-electron chi connectivity index (χ2n) is 6.34. The summed E-state index contributed by atoms with van der Waals surface area (Å²) in [5.41, 5.74) is 3.83. The zero-order valence-electron chi connectivity index (χ0n) is 13.8. The molecule has 0 unspecified atom stereocenters. The lowest BCUT2D eigenvalue weighted by Gasteiger charge is -2.04. The molecule has 122 valence electrons. The van der Waals surface area contributed by atoms with Crippen molar-refractivity contribution in [1.82, 2.24) is 14.5 Å². The minimum Gasteiger partial charge on any atom is -0.454 e. The maximum Gasteiger partial charge on any atom is 0.234 e. The van der Waals surface area contributed by atoms with E-state index in [0.29, 0.717) is 5.95 Å². The lowest BCUT2D eigenvalue weighted by molar-refractivity contribution is 0.670. The molecule has 0 N–H and O–H groups in total. The SMILES string of the molecule is c1cnc(-n2c3ccccc3c3ccc4c5ccccc5oc4c32)nc1. The highest BCUT2D eigenvalue weighted by Crippen LogP contribution is 2.39. The minimum absolute atomic E-state index is 0.645. The number of rotatable bonds is 1. The minimum atomic E-state index is 0.645. The van der Waals surface area contributed by atoms with Gasteiger partial charge in [0.25, 0.3) is 0 Å². The topological polar surface area (TPSA) is 43.9 Å². The molecule has 0 spiro atoms. The van der Waals surface area contributed by atoms with Crippen LogP contribution < -0.4 is 0 Å². The average molecular weight is 335 g/mol. The Hall–Kier alpha value is -3.66. The molecule has 26 heavy (non-hydrogen) atoms. The van der Waals surface area contributed by atoms with Crippen molar-refractivity contribution < 1.29 is 4.42 Å². The Kier molecular flexibility index (Phi) is 2.58. The maximum absolute atomic E-state index is 6.28. The van der Waals surface area contributed by atoms with Crippen molar-refractivity contribution >= 4 is 43.7 Å². The van der Waals surface area contributed by atoms with Crippen molar-refractivity contribution in [3.63, 3.8) is 0 Å². The van der Waals surface area contributed by atoms with Crippen LogP contribution >= 0.6 is 0 Å². The van der Waals surface area contributed by atoms with Crippen LogP contribution in [0.5, 0.6) is 0 Å². The average Bonchev–Trinajstić information content (AvgIpc) is 3.24. The van der Waals surface area contributed by atoms with Crippen LogP contribution in [0.4, 0.5) is 0 Å². The van der Waals surface area contributed by atoms with Crippen LogP contribution in [0, 0.1) is 0 Å². The van der Waals surface area contributed by atoms with Crippen LogP contribution in [0.25, 0.3) is 49.7 Å². The highest BCUT2D eigenvalue weighted by molar-refractivity contribution is 6.21. The van der Waals surface area contributed by atoms with E-state index >= 15 is 0 Å². The van der Waals surface area contributed by atoms with Gasteiger partial charge in [0.05, 0.1) is 5.52 Å². The van der Waals surface area contributed by atoms with E-state index in [1.54, 1.807) is 12.4 Å². The molecule has 3 aromatic carbocycles. The Morgan fingerprint density at radius 2 is 1.38 bits per heavy atom. The molecule has 0 fully saturated rings. The summed E-state index contributed by atoms with van der Waals surface area (Å²) in [5.74, 6) is 0.645. The summed E-state index contributed by atoms with van der Waals surface area (Å²) in [5, 5.41) is 4.53. The summed E-state index contributed by atoms with van der Waals surface area (Å²) in [4.78, 5) is 8.98. The molecule has 0 bridgehead atoms. The lowest BCUT2D eigenvalue weighted by atomic mass is 10.1. The van der Waals surface area contributed by atoms with Gasteiger partial charge in [-0.15, -0.1) is 0 Å². The highest BCUT2D eigenvalue weighted by atomic mass is 16.3. The zero-order chi connectivity index (χ0) is 17.1. The fourth-order valence-electron chi connectivity index (χ4n) is 3.85. The third kappa shape index (κ3) is 1.68. The van der Waals surface area contributed by atoms with Gasteiger partial charge in [-0.25, -0.2) is 9.97 Å². The summed E-state index contributed by atoms with van der Waals surface area (Å²) >= 11 is 0. The van der Waals surface area contributed by atoms with Gasteiger partial charge >= 0.3 is 0 Å². The van der Waals surface area contributed by atoms with Crippen LogP contribution in [0.15, 0.2) is 83.5 Å². The highest BCUT2D eigenvalue weighted by Gasteiger charge is 2.19. The van der Waals surface area contributed by atoms with E-state index in [0.717, 1.165) is 43.7 Å². The van der Waals surface area contributed by atoms with Crippen molar-refractivity contribution in [2.24, 2.45) is 0 Å². The molecule has 6 rings (SSSR count). The third-order valence-electron chi connectivity index (χ3n) is 4.93. The molecule has 0 saturated heterocycles. The Balaban J connectivity index is 1.92. The summed E-state index contributed by atoms with van der Waals surface area (Å²) in [7, 11) is 0. The van der Waals surface area contributed by atoms with Crippen molar-refractivity contribution in [1.29, 1.82) is 0 Å². The van der Waals surface area contributed by atoms with E-state index in [1.165, 1.54) is 0 Å². The van der Waals surface area contributed by atoms with E-state index in [-0.39, 0.29) is 0 Å². The quantitative estimate of drug-likeness (QED) is 0.400. The molecular weight excluding hydrogens is 322 g/mol. The van der Waals surface area contributed by atoms with Crippen LogP contribution in [0.2, 0.25) is 0 Å². The molecule has 0 radical (unpaired) electrons. The first-order valence-corrected chi connectivity index (χ1v) is 8.52. The smallest absolute Gasteiger partial charge is 0.234 e. The molecule has 3 heterocycles. The summed E-state index contributed by atoms with van der Waals surface area (Å²) < 4.78 is 8.37. The Morgan fingerprint density at radius 3 is 2.27 bits per heavy atom. The van der Waals surface area contributed by atoms with E-state index in [9.17, 15) is 0 Å². The fourth-order valence-corrected chi connectivity index (χ4v) is 3.85. The van der Waals surface area contributed by atoms with Crippen LogP contribution in [0.3, 0.4) is 0 Å². The number of aromatic nitrogens is 3. The number of para-hydroxylation sites is 2. The van der Waals surface area contributed by atoms with Gasteiger partial charge in [0, 0.05) is 33.9 Å². The lowest BCUT2D eigenvalue weighted by Crippen LogP contribution is -1.99. The van der Waals surface area contributed by atoms with E-state index in [1.807, 2.05) is 30.3 Å². The van der Waals surface area contributed by atoms with Crippen molar-refractivity contribution in [2.45, 2.75) is 0 Å². The molecule has 0 atom stereocenters. The Bertz CT molecular complexity index is 1430. The molecule has 3 aromatic heterocycles. The summed E-state index contributed by atoms with van der Waals surface area (Å²) in [6.45, 7) is 0. The standard InChI is InChI=1S/C22H13N3O/c1-3-8-18-14(6-1)16-10-11-17-15-7-2-4-9-19(15)26-21(17)20(16)25(18)22-23-12-5-13-24-22/h1-13H. The largest absolute Gasteiger partial charge is 0.454 e. The Labute approximate surface area is 148 Å². The molecule has 4 nitrogen and oxygen atoms in total. The first-order valence-electron chi connectivity index (χ1n) is 8.52. The number of fused-ring (bicyclic) bond motifs is 7. The zero-order valence-corrected chi connectivity index (χ0v) is 13.8. The predicted molar refractivity (Wildman–Crippen MR) is 104 cm³/mol. The van der Waals surface area contributed by atoms with Gasteiger partial charge in [-0.2, -0.15) is 0 Å². The van der Waals surface area contributed by atoms with Crippen LogP contribution in [0.1, 0.15) is 0 Å². The monoisotopic (exact) mass is 335 g/mol. The van der Waals surface area contributed by atoms with E-state index in [4.69, 9.17) is 4.42 Å². The van der Waals surface area contributed by atoms with Gasteiger partial charge in [0.2, 0.25) is 5.95 Å². The van der Waals surface area contributed by atoms with E-state index < -0.39 is 0 Å². The van der Waals surface area contributed by atoms with Gasteiger partial charge in [0.1, 0.15) is 11.1 Å². The molecule has 0 amide bonds. The molecular formula is C22H13N3O. The van der Waals surface area contributed by atoms with Gasteiger partial charge < -0.3 is 4.42 Å². The number of hydrogen-bond acceptors (Lipinski definition) is 3. The summed E-state index contributed by atoms with van der Waals surface area (Å²) in [6, 6.07) is 22.6. The molecule has 4 heteroatoms. The summed E-state index contributed by atoms with van der Waals surface area (Å²) in [6.07, 6.45) is 3.53. The fraction of sp³-hybridized carbons (Fsp3) is 0. The van der Waals surface area contributed by atoms with Crippen molar-refractivity contribution in [3.8, 4) is 5.95 Å². The van der Waals surface area contributed by atoms with E-state index in [2.05, 4.69) is 50.9 Å². The van der Waals surface area contributed by atoms with Gasteiger partial charge in [0.15, 0.2) is 5.58 Å². The molecule has 0 aliphatic carbocycles. The van der Waals surface area contributed by atoms with Gasteiger partial charge in [-0.05, 0) is 24.3 Å². The maximum atomic E-state index is 6.28.